The van der Waals surface area contributed by atoms with Gasteiger partial charge >= 0.3 is 0 Å². The Bertz CT molecular complexity index is 1060. The van der Waals surface area contributed by atoms with Crippen molar-refractivity contribution in [1.82, 2.24) is 19.4 Å². The van der Waals surface area contributed by atoms with Gasteiger partial charge in [0.1, 0.15) is 11.2 Å². The zero-order valence-corrected chi connectivity index (χ0v) is 16.8. The van der Waals surface area contributed by atoms with E-state index in [1.165, 1.54) is 12.8 Å². The summed E-state index contributed by atoms with van der Waals surface area (Å²) in [6, 6.07) is 11.0. The summed E-state index contributed by atoms with van der Waals surface area (Å²) in [4.78, 5) is 36.7. The second-order valence-corrected chi connectivity index (χ2v) is 7.55. The molecule has 6 heteroatoms. The van der Waals surface area contributed by atoms with Gasteiger partial charge in [-0.25, -0.2) is 9.97 Å². The topological polar surface area (TPSA) is 68.1 Å². The largest absolute Gasteiger partial charge is 0.339 e. The number of fused-ring (bicyclic) bond motifs is 1. The Labute approximate surface area is 170 Å². The third-order valence-corrected chi connectivity index (χ3v) is 5.45. The molecule has 0 bridgehead atoms. The van der Waals surface area contributed by atoms with E-state index >= 15 is 0 Å². The molecule has 3 aromatic rings. The van der Waals surface area contributed by atoms with Crippen LogP contribution in [0.15, 0.2) is 47.4 Å². The van der Waals surface area contributed by atoms with E-state index in [2.05, 4.69) is 9.97 Å². The Morgan fingerprint density at radius 3 is 2.45 bits per heavy atom. The van der Waals surface area contributed by atoms with Gasteiger partial charge in [0, 0.05) is 37.0 Å². The van der Waals surface area contributed by atoms with Crippen LogP contribution in [0, 0.1) is 0 Å². The van der Waals surface area contributed by atoms with Crippen molar-refractivity contribution in [3.63, 3.8) is 0 Å². The summed E-state index contributed by atoms with van der Waals surface area (Å²) in [5.74, 6) is 0.0671. The van der Waals surface area contributed by atoms with Crippen LogP contribution in [-0.4, -0.2) is 38.4 Å². The Balaban J connectivity index is 1.68. The smallest absolute Gasteiger partial charge is 0.278 e. The lowest BCUT2D eigenvalue weighted by Gasteiger charge is -2.20. The first kappa shape index (κ1) is 19.3. The minimum absolute atomic E-state index is 0.0671. The van der Waals surface area contributed by atoms with Crippen LogP contribution in [0.2, 0.25) is 0 Å². The number of carbonyl (C=O) groups is 1. The molecule has 1 aromatic carbocycles. The van der Waals surface area contributed by atoms with Crippen LogP contribution in [0.1, 0.15) is 49.4 Å². The van der Waals surface area contributed by atoms with Gasteiger partial charge in [0.25, 0.3) is 11.5 Å². The lowest BCUT2D eigenvalue weighted by molar-refractivity contribution is 0.0761. The molecule has 1 amide bonds. The summed E-state index contributed by atoms with van der Waals surface area (Å²) in [6.07, 6.45) is 7.02. The molecule has 1 aliphatic heterocycles. The average Bonchev–Trinajstić information content (AvgIpc) is 3.05. The quantitative estimate of drug-likeness (QED) is 0.678. The third kappa shape index (κ3) is 3.92. The number of aryl methyl sites for hydroxylation is 1. The summed E-state index contributed by atoms with van der Waals surface area (Å²) in [7, 11) is 0. The summed E-state index contributed by atoms with van der Waals surface area (Å²) in [6.45, 7) is 4.26. The van der Waals surface area contributed by atoms with E-state index in [-0.39, 0.29) is 11.5 Å². The maximum Gasteiger partial charge on any atom is 0.278 e. The fraction of sp³-hybridized carbons (Fsp3) is 0.391. The summed E-state index contributed by atoms with van der Waals surface area (Å²) in [5, 5.41) is 0. The predicted octanol–water partition coefficient (Wildman–Crippen LogP) is 3.88. The first-order valence-corrected chi connectivity index (χ1v) is 10.4. The van der Waals surface area contributed by atoms with Crippen molar-refractivity contribution < 1.29 is 4.79 Å². The van der Waals surface area contributed by atoms with Crippen LogP contribution in [0.25, 0.3) is 22.4 Å². The number of nitrogens with zero attached hydrogens (tertiary/aromatic N) is 4. The van der Waals surface area contributed by atoms with Crippen molar-refractivity contribution >= 4 is 17.1 Å². The van der Waals surface area contributed by atoms with Gasteiger partial charge in [-0.15, -0.1) is 0 Å². The number of rotatable bonds is 4. The van der Waals surface area contributed by atoms with Gasteiger partial charge in [-0.05, 0) is 43.5 Å². The fourth-order valence-electron chi connectivity index (χ4n) is 3.92. The van der Waals surface area contributed by atoms with Crippen LogP contribution in [0.5, 0.6) is 0 Å². The number of benzene rings is 1. The molecular weight excluding hydrogens is 364 g/mol. The number of carbonyl (C=O) groups excluding carboxylic acids is 1. The predicted molar refractivity (Wildman–Crippen MR) is 114 cm³/mol. The highest BCUT2D eigenvalue weighted by Gasteiger charge is 2.18. The monoisotopic (exact) mass is 390 g/mol. The summed E-state index contributed by atoms with van der Waals surface area (Å²) in [5.41, 5.74) is 2.93. The zero-order valence-electron chi connectivity index (χ0n) is 16.8. The summed E-state index contributed by atoms with van der Waals surface area (Å²) >= 11 is 0. The number of hydrogen-bond acceptors (Lipinski definition) is 4. The van der Waals surface area contributed by atoms with E-state index in [4.69, 9.17) is 0 Å². The number of amides is 1. The second-order valence-electron chi connectivity index (χ2n) is 7.55. The number of aromatic nitrogens is 3. The van der Waals surface area contributed by atoms with Gasteiger partial charge < -0.3 is 4.90 Å². The van der Waals surface area contributed by atoms with E-state index in [0.717, 1.165) is 37.9 Å². The molecule has 0 saturated carbocycles. The molecule has 3 heterocycles. The number of pyridine rings is 1. The maximum absolute atomic E-state index is 13.1. The van der Waals surface area contributed by atoms with Gasteiger partial charge in [-0.2, -0.15) is 0 Å². The van der Waals surface area contributed by atoms with Crippen LogP contribution in [0.4, 0.5) is 0 Å². The van der Waals surface area contributed by atoms with Crippen molar-refractivity contribution in [3.05, 3.63) is 58.5 Å². The van der Waals surface area contributed by atoms with E-state index in [1.54, 1.807) is 22.9 Å². The number of likely N-dealkylation sites (tertiary alicyclic amines) is 1. The molecule has 0 unspecified atom stereocenters. The molecule has 4 rings (SSSR count). The highest BCUT2D eigenvalue weighted by atomic mass is 16.2. The van der Waals surface area contributed by atoms with Gasteiger partial charge in [-0.1, -0.05) is 31.9 Å². The van der Waals surface area contributed by atoms with Crippen molar-refractivity contribution in [1.29, 1.82) is 0 Å². The minimum atomic E-state index is -0.148. The molecule has 0 atom stereocenters. The van der Waals surface area contributed by atoms with Crippen LogP contribution in [-0.2, 0) is 6.54 Å². The standard InChI is InChI=1S/C23H26N4O2/c1-2-14-27-21-19(8-7-13-24-21)25-20(23(27)29)17-9-11-18(12-10-17)22(28)26-15-5-3-4-6-16-26/h7-13H,2-6,14-16H2,1H3. The minimum Gasteiger partial charge on any atom is -0.339 e. The van der Waals surface area contributed by atoms with E-state index in [0.29, 0.717) is 29.0 Å². The Morgan fingerprint density at radius 2 is 1.76 bits per heavy atom. The SMILES string of the molecule is CCCn1c(=O)c(-c2ccc(C(=O)N3CCCCCC3)cc2)nc2cccnc21. The van der Waals surface area contributed by atoms with Crippen LogP contribution in [0.3, 0.4) is 0 Å². The van der Waals surface area contributed by atoms with E-state index in [1.807, 2.05) is 36.1 Å². The molecular formula is C23H26N4O2. The van der Waals surface area contributed by atoms with Gasteiger partial charge in [0.2, 0.25) is 0 Å². The molecule has 1 fully saturated rings. The fourth-order valence-corrected chi connectivity index (χ4v) is 3.92. The third-order valence-electron chi connectivity index (χ3n) is 5.45. The molecule has 150 valence electrons. The molecule has 0 radical (unpaired) electrons. The Morgan fingerprint density at radius 1 is 1.03 bits per heavy atom. The molecule has 1 saturated heterocycles. The molecule has 1 aliphatic rings. The first-order chi connectivity index (χ1) is 14.2. The highest BCUT2D eigenvalue weighted by Crippen LogP contribution is 2.19. The average molecular weight is 390 g/mol. The van der Waals surface area contributed by atoms with Crippen molar-refractivity contribution in [2.24, 2.45) is 0 Å². The van der Waals surface area contributed by atoms with E-state index < -0.39 is 0 Å². The second kappa shape index (κ2) is 8.55. The molecule has 0 N–H and O–H groups in total. The molecule has 29 heavy (non-hydrogen) atoms. The molecule has 0 aliphatic carbocycles. The maximum atomic E-state index is 13.1. The summed E-state index contributed by atoms with van der Waals surface area (Å²) < 4.78 is 1.69. The lowest BCUT2D eigenvalue weighted by Crippen LogP contribution is -2.31. The normalized spacial score (nSPS) is 14.7. The zero-order chi connectivity index (χ0) is 20.2. The van der Waals surface area contributed by atoms with Crippen molar-refractivity contribution in [2.75, 3.05) is 13.1 Å². The molecule has 2 aromatic heterocycles. The van der Waals surface area contributed by atoms with Gasteiger partial charge in [-0.3, -0.25) is 14.2 Å². The lowest BCUT2D eigenvalue weighted by atomic mass is 10.1. The van der Waals surface area contributed by atoms with Crippen molar-refractivity contribution in [3.8, 4) is 11.3 Å². The van der Waals surface area contributed by atoms with Gasteiger partial charge in [0.05, 0.1) is 0 Å². The Hall–Kier alpha value is -3.02. The molecule has 0 spiro atoms. The van der Waals surface area contributed by atoms with E-state index in [9.17, 15) is 9.59 Å². The number of hydrogen-bond donors (Lipinski definition) is 0. The van der Waals surface area contributed by atoms with Crippen LogP contribution < -0.4 is 5.56 Å². The Kier molecular flexibility index (Phi) is 5.69. The molecule has 6 nitrogen and oxygen atoms in total. The highest BCUT2D eigenvalue weighted by molar-refractivity contribution is 5.94. The first-order valence-electron chi connectivity index (χ1n) is 10.4. The van der Waals surface area contributed by atoms with Crippen molar-refractivity contribution in [2.45, 2.75) is 45.6 Å². The van der Waals surface area contributed by atoms with Crippen LogP contribution >= 0.6 is 0 Å². The van der Waals surface area contributed by atoms with Gasteiger partial charge in [0.15, 0.2) is 5.65 Å².